The Morgan fingerprint density at radius 3 is 2.33 bits per heavy atom. The number of benzene rings is 2. The van der Waals surface area contributed by atoms with Crippen molar-refractivity contribution in [3.05, 3.63) is 46.9 Å². The molecule has 1 heterocycles. The van der Waals surface area contributed by atoms with Gasteiger partial charge in [-0.15, -0.1) is 0 Å². The third-order valence-electron chi connectivity index (χ3n) is 2.96. The number of rotatable bonds is 2. The fourth-order valence-electron chi connectivity index (χ4n) is 1.96. The smallest absolute Gasteiger partial charge is 0.222 e. The summed E-state index contributed by atoms with van der Waals surface area (Å²) in [7, 11) is -1.29. The molecule has 106 valence electrons. The van der Waals surface area contributed by atoms with E-state index < -0.39 is 10.8 Å². The summed E-state index contributed by atoms with van der Waals surface area (Å²) >= 11 is 3.36. The zero-order chi connectivity index (χ0) is 15.0. The van der Waals surface area contributed by atoms with Gasteiger partial charge in [0.2, 0.25) is 5.95 Å². The van der Waals surface area contributed by atoms with Crippen molar-refractivity contribution < 1.29 is 4.21 Å². The number of halogens is 1. The lowest BCUT2D eigenvalue weighted by Crippen LogP contribution is -2.01. The van der Waals surface area contributed by atoms with Gasteiger partial charge in [-0.3, -0.25) is 0 Å². The Labute approximate surface area is 132 Å². The second-order valence-corrected chi connectivity index (χ2v) is 6.76. The number of aromatic nitrogens is 2. The predicted molar refractivity (Wildman–Crippen MR) is 87.2 cm³/mol. The summed E-state index contributed by atoms with van der Waals surface area (Å²) in [6.45, 7) is 0. The first-order chi connectivity index (χ1) is 10.0. The van der Waals surface area contributed by atoms with Gasteiger partial charge in [0.25, 0.3) is 0 Å². The van der Waals surface area contributed by atoms with Crippen molar-refractivity contribution in [3.8, 4) is 0 Å². The van der Waals surface area contributed by atoms with Crippen molar-refractivity contribution >= 4 is 49.4 Å². The van der Waals surface area contributed by atoms with Crippen molar-refractivity contribution in [3.63, 3.8) is 0 Å². The van der Waals surface area contributed by atoms with Crippen LogP contribution in [0.15, 0.2) is 56.7 Å². The molecule has 2 aromatic carbocycles. The third kappa shape index (κ3) is 2.74. The van der Waals surface area contributed by atoms with Crippen LogP contribution in [0.5, 0.6) is 0 Å². The standard InChI is InChI=1S/C14H11BrN4OS/c15-8-1-3-9(4-2-8)21(20)10-5-6-12-11(7-10)13(16)19-14(17)18-12/h1-7H,(H4,16,17,18,19)/t21-/m0/s1. The first-order valence-electron chi connectivity index (χ1n) is 6.05. The molecule has 5 nitrogen and oxygen atoms in total. The van der Waals surface area contributed by atoms with E-state index in [4.69, 9.17) is 11.5 Å². The number of hydrogen-bond acceptors (Lipinski definition) is 5. The van der Waals surface area contributed by atoms with Crippen LogP contribution in [0.2, 0.25) is 0 Å². The van der Waals surface area contributed by atoms with E-state index in [1.165, 1.54) is 0 Å². The average Bonchev–Trinajstić information content (AvgIpc) is 2.47. The van der Waals surface area contributed by atoms with Crippen molar-refractivity contribution in [1.29, 1.82) is 0 Å². The Morgan fingerprint density at radius 2 is 1.62 bits per heavy atom. The molecule has 0 radical (unpaired) electrons. The van der Waals surface area contributed by atoms with E-state index in [2.05, 4.69) is 25.9 Å². The highest BCUT2D eigenvalue weighted by atomic mass is 79.9. The van der Waals surface area contributed by atoms with Gasteiger partial charge in [0.05, 0.1) is 16.3 Å². The summed E-state index contributed by atoms with van der Waals surface area (Å²) in [6, 6.07) is 12.6. The molecule has 0 bridgehead atoms. The molecule has 0 amide bonds. The van der Waals surface area contributed by atoms with Gasteiger partial charge in [-0.1, -0.05) is 15.9 Å². The summed E-state index contributed by atoms with van der Waals surface area (Å²) < 4.78 is 13.5. The van der Waals surface area contributed by atoms with Crippen LogP contribution in [0.3, 0.4) is 0 Å². The van der Waals surface area contributed by atoms with Crippen LogP contribution in [0.25, 0.3) is 10.9 Å². The normalized spacial score (nSPS) is 12.4. The summed E-state index contributed by atoms with van der Waals surface area (Å²) in [6.07, 6.45) is 0. The zero-order valence-electron chi connectivity index (χ0n) is 10.8. The number of nitrogen functional groups attached to an aromatic ring is 2. The number of fused-ring (bicyclic) bond motifs is 1. The van der Waals surface area contributed by atoms with E-state index in [-0.39, 0.29) is 11.8 Å². The molecule has 1 aromatic heterocycles. The molecule has 0 saturated carbocycles. The largest absolute Gasteiger partial charge is 0.383 e. The number of nitrogens with two attached hydrogens (primary N) is 2. The molecule has 0 fully saturated rings. The van der Waals surface area contributed by atoms with Gasteiger partial charge in [-0.25, -0.2) is 9.19 Å². The van der Waals surface area contributed by atoms with Crippen LogP contribution < -0.4 is 11.5 Å². The molecule has 0 aliphatic rings. The molecule has 0 saturated heterocycles. The van der Waals surface area contributed by atoms with E-state index in [9.17, 15) is 4.21 Å². The summed E-state index contributed by atoms with van der Waals surface area (Å²) in [5.41, 5.74) is 12.0. The van der Waals surface area contributed by atoms with Crippen LogP contribution >= 0.6 is 15.9 Å². The minimum absolute atomic E-state index is 0.127. The van der Waals surface area contributed by atoms with Gasteiger partial charge in [0.15, 0.2) is 0 Å². The molecule has 0 unspecified atom stereocenters. The number of anilines is 2. The van der Waals surface area contributed by atoms with E-state index >= 15 is 0 Å². The summed E-state index contributed by atoms with van der Waals surface area (Å²) in [5, 5.41) is 0.646. The molecule has 1 atom stereocenters. The van der Waals surface area contributed by atoms with Crippen LogP contribution in [0, 0.1) is 0 Å². The fraction of sp³-hybridized carbons (Fsp3) is 0. The van der Waals surface area contributed by atoms with Crippen molar-refractivity contribution in [2.75, 3.05) is 11.5 Å². The molecular weight excluding hydrogens is 352 g/mol. The molecule has 3 aromatic rings. The quantitative estimate of drug-likeness (QED) is 0.730. The second-order valence-electron chi connectivity index (χ2n) is 4.37. The molecule has 4 N–H and O–H groups in total. The SMILES string of the molecule is Nc1nc(N)c2cc([S@@](=O)c3ccc(Br)cc3)ccc2n1. The first-order valence-corrected chi connectivity index (χ1v) is 7.99. The average molecular weight is 363 g/mol. The number of nitrogens with zero attached hydrogens (tertiary/aromatic N) is 2. The van der Waals surface area contributed by atoms with Crippen LogP contribution in [0.4, 0.5) is 11.8 Å². The minimum atomic E-state index is -1.29. The number of hydrogen-bond donors (Lipinski definition) is 2. The summed E-state index contributed by atoms with van der Waals surface area (Å²) in [4.78, 5) is 9.39. The van der Waals surface area contributed by atoms with Gasteiger partial charge in [-0.2, -0.15) is 4.98 Å². The Kier molecular flexibility index (Phi) is 3.60. The monoisotopic (exact) mass is 362 g/mol. The highest BCUT2D eigenvalue weighted by molar-refractivity contribution is 9.10. The maximum Gasteiger partial charge on any atom is 0.222 e. The van der Waals surface area contributed by atoms with Gasteiger partial charge in [-0.05, 0) is 42.5 Å². The lowest BCUT2D eigenvalue weighted by Gasteiger charge is -2.06. The van der Waals surface area contributed by atoms with Crippen LogP contribution in [-0.4, -0.2) is 14.2 Å². The maximum atomic E-state index is 12.6. The molecule has 3 rings (SSSR count). The van der Waals surface area contributed by atoms with Gasteiger partial charge in [0.1, 0.15) is 5.82 Å². The zero-order valence-corrected chi connectivity index (χ0v) is 13.2. The Morgan fingerprint density at radius 1 is 0.952 bits per heavy atom. The van der Waals surface area contributed by atoms with Crippen molar-refractivity contribution in [1.82, 2.24) is 9.97 Å². The third-order valence-corrected chi connectivity index (χ3v) is 4.87. The predicted octanol–water partition coefficient (Wildman–Crippen LogP) is 2.72. The maximum absolute atomic E-state index is 12.6. The molecule has 0 aliphatic heterocycles. The highest BCUT2D eigenvalue weighted by Crippen LogP contribution is 2.25. The lowest BCUT2D eigenvalue weighted by atomic mass is 10.2. The van der Waals surface area contributed by atoms with E-state index in [0.717, 1.165) is 4.47 Å². The molecule has 21 heavy (non-hydrogen) atoms. The Balaban J connectivity index is 2.08. The molecule has 0 spiro atoms. The Bertz CT molecular complexity index is 851. The Hall–Kier alpha value is -1.99. The fourth-order valence-corrected chi connectivity index (χ4v) is 3.30. The van der Waals surface area contributed by atoms with E-state index in [0.29, 0.717) is 20.7 Å². The highest BCUT2D eigenvalue weighted by Gasteiger charge is 2.10. The topological polar surface area (TPSA) is 94.9 Å². The molecular formula is C14H11BrN4OS. The molecule has 0 aliphatic carbocycles. The van der Waals surface area contributed by atoms with E-state index in [1.807, 2.05) is 24.3 Å². The minimum Gasteiger partial charge on any atom is -0.383 e. The summed E-state index contributed by atoms with van der Waals surface area (Å²) in [5.74, 6) is 0.411. The second kappa shape index (κ2) is 5.42. The first kappa shape index (κ1) is 14.0. The van der Waals surface area contributed by atoms with E-state index in [1.54, 1.807) is 18.2 Å². The van der Waals surface area contributed by atoms with Crippen molar-refractivity contribution in [2.24, 2.45) is 0 Å². The van der Waals surface area contributed by atoms with Gasteiger partial charge < -0.3 is 11.5 Å². The van der Waals surface area contributed by atoms with Crippen LogP contribution in [-0.2, 0) is 10.8 Å². The van der Waals surface area contributed by atoms with Gasteiger partial charge in [0, 0.05) is 19.6 Å². The van der Waals surface area contributed by atoms with Gasteiger partial charge >= 0.3 is 0 Å². The van der Waals surface area contributed by atoms with Crippen molar-refractivity contribution in [2.45, 2.75) is 9.79 Å². The van der Waals surface area contributed by atoms with Crippen LogP contribution in [0.1, 0.15) is 0 Å². The lowest BCUT2D eigenvalue weighted by molar-refractivity contribution is 0.683. The molecule has 7 heteroatoms.